The van der Waals surface area contributed by atoms with Gasteiger partial charge >= 0.3 is 12.1 Å². The Morgan fingerprint density at radius 2 is 1.55 bits per heavy atom. The van der Waals surface area contributed by atoms with E-state index < -0.39 is 24.4 Å². The van der Waals surface area contributed by atoms with Crippen molar-refractivity contribution in [3.8, 4) is 5.75 Å². The fourth-order valence-electron chi connectivity index (χ4n) is 3.94. The zero-order chi connectivity index (χ0) is 23.4. The van der Waals surface area contributed by atoms with Gasteiger partial charge in [0.05, 0.1) is 26.4 Å². The predicted octanol–water partition coefficient (Wildman–Crippen LogP) is 3.72. The Morgan fingerprint density at radius 3 is 2.21 bits per heavy atom. The number of nitrogens with one attached hydrogen (secondary N) is 3. The first kappa shape index (κ1) is 22.9. The second-order valence-electron chi connectivity index (χ2n) is 8.37. The summed E-state index contributed by atoms with van der Waals surface area (Å²) >= 11 is 0. The summed E-state index contributed by atoms with van der Waals surface area (Å²) in [6, 6.07) is 14.0. The summed E-state index contributed by atoms with van der Waals surface area (Å²) < 4.78 is 22.2. The van der Waals surface area contributed by atoms with Crippen molar-refractivity contribution < 1.29 is 28.5 Å². The third-order valence-corrected chi connectivity index (χ3v) is 5.75. The van der Waals surface area contributed by atoms with Gasteiger partial charge in [0.15, 0.2) is 6.10 Å². The molecule has 4 atom stereocenters. The first-order valence-electron chi connectivity index (χ1n) is 11.0. The Balaban J connectivity index is 1.26. The molecule has 176 valence electrons. The van der Waals surface area contributed by atoms with Crippen molar-refractivity contribution in [2.75, 3.05) is 31.0 Å². The molecule has 2 aliphatic rings. The van der Waals surface area contributed by atoms with Crippen LogP contribution < -0.4 is 20.7 Å². The van der Waals surface area contributed by atoms with Gasteiger partial charge in [-0.1, -0.05) is 26.0 Å². The van der Waals surface area contributed by atoms with Crippen LogP contribution in [0.4, 0.5) is 21.0 Å². The van der Waals surface area contributed by atoms with Crippen molar-refractivity contribution in [1.29, 1.82) is 0 Å². The summed E-state index contributed by atoms with van der Waals surface area (Å²) in [6.07, 6.45) is -2.00. The molecule has 2 aliphatic heterocycles. The molecule has 0 bridgehead atoms. The van der Waals surface area contributed by atoms with Gasteiger partial charge in [0, 0.05) is 11.4 Å². The van der Waals surface area contributed by atoms with Crippen molar-refractivity contribution in [1.82, 2.24) is 5.32 Å². The number of benzene rings is 2. The van der Waals surface area contributed by atoms with Crippen molar-refractivity contribution in [2.24, 2.45) is 0 Å². The molecule has 3 amide bonds. The molecule has 2 heterocycles. The lowest BCUT2D eigenvalue weighted by Crippen LogP contribution is -2.46. The molecule has 2 aromatic carbocycles. The predicted molar refractivity (Wildman–Crippen MR) is 123 cm³/mol. The third kappa shape index (κ3) is 5.55. The molecule has 4 unspecified atom stereocenters. The minimum atomic E-state index is -0.600. The number of ether oxygens (including phenoxy) is 4. The standard InChI is InChI=1S/C24H29N3O6/c1-14(2)15-4-6-16(7-5-15)25-23(28)27-19-12-31-22-20(13-32-21(19)22)33-24(29)26-17-8-10-18(30-3)11-9-17/h4-11,14,19-22H,12-13H2,1-3H3,(H,26,29)(H2,25,27,28). The molecule has 4 rings (SSSR count). The van der Waals surface area contributed by atoms with Gasteiger partial charge in [0.25, 0.3) is 0 Å². The molecule has 0 aromatic heterocycles. The van der Waals surface area contributed by atoms with Gasteiger partial charge in [-0.05, 0) is 47.9 Å². The van der Waals surface area contributed by atoms with E-state index in [1.165, 1.54) is 5.56 Å². The Hall–Kier alpha value is -3.30. The Kier molecular flexibility index (Phi) is 7.00. The normalized spacial score (nSPS) is 23.6. The van der Waals surface area contributed by atoms with Crippen molar-refractivity contribution in [2.45, 2.75) is 44.1 Å². The minimum absolute atomic E-state index is 0.196. The van der Waals surface area contributed by atoms with E-state index in [2.05, 4.69) is 29.8 Å². The number of amides is 3. The summed E-state index contributed by atoms with van der Waals surface area (Å²) in [6.45, 7) is 4.71. The Bertz CT molecular complexity index is 963. The van der Waals surface area contributed by atoms with E-state index in [-0.39, 0.29) is 25.3 Å². The number of fused-ring (bicyclic) bond motifs is 1. The highest BCUT2D eigenvalue weighted by Crippen LogP contribution is 2.29. The maximum atomic E-state index is 12.4. The molecule has 9 heteroatoms. The number of methoxy groups -OCH3 is 1. The fraction of sp³-hybridized carbons (Fsp3) is 0.417. The monoisotopic (exact) mass is 455 g/mol. The zero-order valence-electron chi connectivity index (χ0n) is 18.9. The number of hydrogen-bond acceptors (Lipinski definition) is 6. The SMILES string of the molecule is COc1ccc(NC(=O)OC2COC3C(NC(=O)Nc4ccc(C(C)C)cc4)COC23)cc1. The number of anilines is 2. The van der Waals surface area contributed by atoms with Gasteiger partial charge in [-0.15, -0.1) is 0 Å². The fourth-order valence-corrected chi connectivity index (χ4v) is 3.94. The summed E-state index contributed by atoms with van der Waals surface area (Å²) in [4.78, 5) is 24.7. The Labute approximate surface area is 192 Å². The maximum Gasteiger partial charge on any atom is 0.412 e. The number of carbonyl (C=O) groups is 2. The average Bonchev–Trinajstić information content (AvgIpc) is 3.38. The summed E-state index contributed by atoms with van der Waals surface area (Å²) in [5.41, 5.74) is 2.49. The van der Waals surface area contributed by atoms with E-state index in [0.717, 1.165) is 0 Å². The van der Waals surface area contributed by atoms with Crippen molar-refractivity contribution in [3.63, 3.8) is 0 Å². The molecule has 2 aromatic rings. The van der Waals surface area contributed by atoms with Crippen LogP contribution in [0.15, 0.2) is 48.5 Å². The van der Waals surface area contributed by atoms with Gasteiger partial charge in [-0.2, -0.15) is 0 Å². The largest absolute Gasteiger partial charge is 0.497 e. The molecule has 2 saturated heterocycles. The van der Waals surface area contributed by atoms with E-state index in [0.29, 0.717) is 23.0 Å². The Morgan fingerprint density at radius 1 is 0.909 bits per heavy atom. The number of urea groups is 1. The molecule has 9 nitrogen and oxygen atoms in total. The van der Waals surface area contributed by atoms with Crippen LogP contribution in [0.3, 0.4) is 0 Å². The summed E-state index contributed by atoms with van der Waals surface area (Å²) in [5.74, 6) is 1.11. The smallest absolute Gasteiger partial charge is 0.412 e. The van der Waals surface area contributed by atoms with E-state index in [1.807, 2.05) is 24.3 Å². The van der Waals surface area contributed by atoms with Crippen LogP contribution in [0.25, 0.3) is 0 Å². The van der Waals surface area contributed by atoms with Crippen LogP contribution in [0.2, 0.25) is 0 Å². The molecule has 0 aliphatic carbocycles. The molecular weight excluding hydrogens is 426 g/mol. The molecule has 0 saturated carbocycles. The molecular formula is C24H29N3O6. The van der Waals surface area contributed by atoms with Crippen LogP contribution in [-0.4, -0.2) is 56.8 Å². The van der Waals surface area contributed by atoms with Crippen LogP contribution in [0.1, 0.15) is 25.3 Å². The van der Waals surface area contributed by atoms with Crippen LogP contribution in [-0.2, 0) is 14.2 Å². The maximum absolute atomic E-state index is 12.4. The first-order chi connectivity index (χ1) is 15.9. The van der Waals surface area contributed by atoms with E-state index in [9.17, 15) is 9.59 Å². The van der Waals surface area contributed by atoms with Crippen molar-refractivity contribution >= 4 is 23.5 Å². The topological polar surface area (TPSA) is 107 Å². The molecule has 2 fully saturated rings. The summed E-state index contributed by atoms with van der Waals surface area (Å²) in [5, 5.41) is 8.39. The minimum Gasteiger partial charge on any atom is -0.497 e. The second kappa shape index (κ2) is 10.1. The van der Waals surface area contributed by atoms with Gasteiger partial charge < -0.3 is 29.6 Å². The lowest BCUT2D eigenvalue weighted by Gasteiger charge is -2.18. The lowest BCUT2D eigenvalue weighted by molar-refractivity contribution is 0.00873. The van der Waals surface area contributed by atoms with E-state index in [4.69, 9.17) is 18.9 Å². The van der Waals surface area contributed by atoms with Gasteiger partial charge in [0.2, 0.25) is 0 Å². The van der Waals surface area contributed by atoms with E-state index >= 15 is 0 Å². The molecule has 0 radical (unpaired) electrons. The number of carbonyl (C=O) groups excluding carboxylic acids is 2. The average molecular weight is 456 g/mol. The van der Waals surface area contributed by atoms with Crippen LogP contribution >= 0.6 is 0 Å². The number of rotatable bonds is 6. The molecule has 3 N–H and O–H groups in total. The van der Waals surface area contributed by atoms with Gasteiger partial charge in [-0.25, -0.2) is 9.59 Å². The highest BCUT2D eigenvalue weighted by atomic mass is 16.6. The lowest BCUT2D eigenvalue weighted by atomic mass is 10.0. The highest BCUT2D eigenvalue weighted by Gasteiger charge is 2.50. The van der Waals surface area contributed by atoms with Crippen LogP contribution in [0, 0.1) is 0 Å². The molecule has 0 spiro atoms. The van der Waals surface area contributed by atoms with Crippen LogP contribution in [0.5, 0.6) is 5.75 Å². The zero-order valence-corrected chi connectivity index (χ0v) is 18.9. The molecule has 33 heavy (non-hydrogen) atoms. The second-order valence-corrected chi connectivity index (χ2v) is 8.37. The highest BCUT2D eigenvalue weighted by molar-refractivity contribution is 5.89. The third-order valence-electron chi connectivity index (χ3n) is 5.75. The summed E-state index contributed by atoms with van der Waals surface area (Å²) in [7, 11) is 1.57. The van der Waals surface area contributed by atoms with E-state index in [1.54, 1.807) is 31.4 Å². The van der Waals surface area contributed by atoms with Gasteiger partial charge in [0.1, 0.15) is 18.0 Å². The number of hydrogen-bond donors (Lipinski definition) is 3. The van der Waals surface area contributed by atoms with Crippen molar-refractivity contribution in [3.05, 3.63) is 54.1 Å². The first-order valence-corrected chi connectivity index (χ1v) is 11.0. The van der Waals surface area contributed by atoms with Gasteiger partial charge in [-0.3, -0.25) is 5.32 Å². The quantitative estimate of drug-likeness (QED) is 0.613.